The third-order valence-electron chi connectivity index (χ3n) is 5.41. The fourth-order valence-electron chi connectivity index (χ4n) is 3.63. The first-order valence-corrected chi connectivity index (χ1v) is 11.7. The van der Waals surface area contributed by atoms with Crippen molar-refractivity contribution < 1.29 is 9.84 Å². The highest BCUT2D eigenvalue weighted by Crippen LogP contribution is 2.29. The van der Waals surface area contributed by atoms with Gasteiger partial charge in [-0.2, -0.15) is 0 Å². The summed E-state index contributed by atoms with van der Waals surface area (Å²) in [5.74, 6) is 1.11. The molecule has 160 valence electrons. The number of hydrogen-bond acceptors (Lipinski definition) is 2. The molecule has 0 bridgehead atoms. The molecule has 0 aliphatic carbocycles. The summed E-state index contributed by atoms with van der Waals surface area (Å²) in [5.41, 5.74) is 3.12. The lowest BCUT2D eigenvalue weighted by Gasteiger charge is -2.09. The van der Waals surface area contributed by atoms with Gasteiger partial charge >= 0.3 is 0 Å². The molecule has 0 aliphatic heterocycles. The van der Waals surface area contributed by atoms with E-state index in [1.807, 2.05) is 31.2 Å². The summed E-state index contributed by atoms with van der Waals surface area (Å²) in [7, 11) is 0. The summed E-state index contributed by atoms with van der Waals surface area (Å²) in [6, 6.07) is 12.1. The smallest absolute Gasteiger partial charge is 0.137 e. The summed E-state index contributed by atoms with van der Waals surface area (Å²) in [4.78, 5) is 0. The highest BCUT2D eigenvalue weighted by Gasteiger charge is 2.06. The van der Waals surface area contributed by atoms with Gasteiger partial charge in [0.15, 0.2) is 0 Å². The van der Waals surface area contributed by atoms with Gasteiger partial charge in [-0.15, -0.1) is 0 Å². The Morgan fingerprint density at radius 3 is 1.97 bits per heavy atom. The number of ether oxygens (including phenoxy) is 1. The zero-order chi connectivity index (χ0) is 20.9. The van der Waals surface area contributed by atoms with Gasteiger partial charge < -0.3 is 9.84 Å². The molecule has 2 aromatic carbocycles. The third kappa shape index (κ3) is 9.12. The van der Waals surface area contributed by atoms with Gasteiger partial charge in [0.25, 0.3) is 0 Å². The highest BCUT2D eigenvalue weighted by atomic mass is 35.5. The number of halogens is 1. The highest BCUT2D eigenvalue weighted by molar-refractivity contribution is 6.32. The van der Waals surface area contributed by atoms with E-state index in [2.05, 4.69) is 19.1 Å². The van der Waals surface area contributed by atoms with Crippen LogP contribution in [0.4, 0.5) is 0 Å². The zero-order valence-electron chi connectivity index (χ0n) is 18.2. The van der Waals surface area contributed by atoms with Crippen molar-refractivity contribution in [1.82, 2.24) is 0 Å². The molecule has 1 N–H and O–H groups in total. The molecule has 0 aliphatic rings. The molecule has 0 atom stereocenters. The van der Waals surface area contributed by atoms with E-state index in [0.29, 0.717) is 5.02 Å². The normalized spacial score (nSPS) is 11.0. The Morgan fingerprint density at radius 2 is 1.38 bits per heavy atom. The molecular weight excluding hydrogens is 380 g/mol. The second-order valence-electron chi connectivity index (χ2n) is 8.09. The van der Waals surface area contributed by atoms with Crippen LogP contribution >= 0.6 is 11.6 Å². The molecule has 0 aromatic heterocycles. The van der Waals surface area contributed by atoms with Crippen molar-refractivity contribution >= 4 is 11.6 Å². The van der Waals surface area contributed by atoms with Crippen LogP contribution in [0, 0.1) is 6.92 Å². The SMILES string of the molecule is CCCCCCCCCCCCOc1ccc(Cc2cc(C)c(O)c(Cl)c2)cc1. The monoisotopic (exact) mass is 416 g/mol. The molecule has 0 unspecified atom stereocenters. The number of phenolic OH excluding ortho intramolecular Hbond substituents is 1. The molecule has 3 heteroatoms. The van der Waals surface area contributed by atoms with E-state index in [1.54, 1.807) is 0 Å². The number of benzene rings is 2. The molecule has 0 saturated heterocycles. The van der Waals surface area contributed by atoms with E-state index >= 15 is 0 Å². The van der Waals surface area contributed by atoms with E-state index in [9.17, 15) is 5.11 Å². The number of phenols is 1. The lowest BCUT2D eigenvalue weighted by atomic mass is 10.0. The van der Waals surface area contributed by atoms with Gasteiger partial charge in [0.05, 0.1) is 11.6 Å². The summed E-state index contributed by atoms with van der Waals surface area (Å²) >= 11 is 6.08. The number of aromatic hydroxyl groups is 1. The second kappa shape index (κ2) is 13.5. The quantitative estimate of drug-likeness (QED) is 0.314. The van der Waals surface area contributed by atoms with Gasteiger partial charge in [-0.1, -0.05) is 94.5 Å². The van der Waals surface area contributed by atoms with Crippen LogP contribution in [-0.4, -0.2) is 11.7 Å². The predicted molar refractivity (Wildman–Crippen MR) is 124 cm³/mol. The molecule has 0 heterocycles. The lowest BCUT2D eigenvalue weighted by molar-refractivity contribution is 0.304. The number of unbranched alkanes of at least 4 members (excludes halogenated alkanes) is 9. The van der Waals surface area contributed by atoms with Gasteiger partial charge in [-0.25, -0.2) is 0 Å². The van der Waals surface area contributed by atoms with Crippen LogP contribution in [0.25, 0.3) is 0 Å². The molecule has 2 nitrogen and oxygen atoms in total. The molecular formula is C26H37ClO2. The van der Waals surface area contributed by atoms with Crippen molar-refractivity contribution in [2.24, 2.45) is 0 Å². The average Bonchev–Trinajstić information content (AvgIpc) is 2.71. The zero-order valence-corrected chi connectivity index (χ0v) is 18.9. The van der Waals surface area contributed by atoms with Crippen LogP contribution in [0.2, 0.25) is 5.02 Å². The van der Waals surface area contributed by atoms with Gasteiger partial charge in [-0.05, 0) is 54.7 Å². The van der Waals surface area contributed by atoms with Crippen LogP contribution in [0.15, 0.2) is 36.4 Å². The Bertz CT molecular complexity index is 686. The van der Waals surface area contributed by atoms with E-state index in [4.69, 9.17) is 16.3 Å². The minimum Gasteiger partial charge on any atom is -0.506 e. The maximum Gasteiger partial charge on any atom is 0.137 e. The molecule has 2 rings (SSSR count). The minimum absolute atomic E-state index is 0.172. The van der Waals surface area contributed by atoms with E-state index in [-0.39, 0.29) is 5.75 Å². The summed E-state index contributed by atoms with van der Waals surface area (Å²) in [6.45, 7) is 4.93. The van der Waals surface area contributed by atoms with Gasteiger partial charge in [0, 0.05) is 0 Å². The van der Waals surface area contributed by atoms with Gasteiger partial charge in [-0.3, -0.25) is 0 Å². The number of hydrogen-bond donors (Lipinski definition) is 1. The molecule has 0 radical (unpaired) electrons. The minimum atomic E-state index is 0.172. The summed E-state index contributed by atoms with van der Waals surface area (Å²) < 4.78 is 5.88. The second-order valence-corrected chi connectivity index (χ2v) is 8.50. The fourth-order valence-corrected chi connectivity index (χ4v) is 3.92. The van der Waals surface area contributed by atoms with Crippen LogP contribution in [0.5, 0.6) is 11.5 Å². The Balaban J connectivity index is 1.60. The van der Waals surface area contributed by atoms with E-state index in [1.165, 1.54) is 63.4 Å². The maximum atomic E-state index is 9.79. The molecule has 0 spiro atoms. The Morgan fingerprint density at radius 1 is 0.793 bits per heavy atom. The first-order chi connectivity index (χ1) is 14.1. The van der Waals surface area contributed by atoms with Crippen molar-refractivity contribution in [3.05, 3.63) is 58.1 Å². The van der Waals surface area contributed by atoms with Crippen molar-refractivity contribution in [3.8, 4) is 11.5 Å². The van der Waals surface area contributed by atoms with Crippen molar-refractivity contribution in [3.63, 3.8) is 0 Å². The molecule has 2 aromatic rings. The Hall–Kier alpha value is -1.67. The van der Waals surface area contributed by atoms with Crippen molar-refractivity contribution in [1.29, 1.82) is 0 Å². The van der Waals surface area contributed by atoms with E-state index in [0.717, 1.165) is 36.3 Å². The van der Waals surface area contributed by atoms with Gasteiger partial charge in [0.1, 0.15) is 11.5 Å². The van der Waals surface area contributed by atoms with Crippen LogP contribution < -0.4 is 4.74 Å². The van der Waals surface area contributed by atoms with Crippen molar-refractivity contribution in [2.75, 3.05) is 6.61 Å². The van der Waals surface area contributed by atoms with Crippen molar-refractivity contribution in [2.45, 2.75) is 84.5 Å². The number of rotatable bonds is 14. The molecule has 0 saturated carbocycles. The first kappa shape index (κ1) is 23.6. The van der Waals surface area contributed by atoms with E-state index < -0.39 is 0 Å². The largest absolute Gasteiger partial charge is 0.506 e. The predicted octanol–water partition coefficient (Wildman–Crippen LogP) is 8.24. The Kier molecular flexibility index (Phi) is 11.0. The van der Waals surface area contributed by atoms with Crippen LogP contribution in [0.1, 0.15) is 87.8 Å². The standard InChI is InChI=1S/C26H37ClO2/c1-3-4-5-6-7-8-9-10-11-12-17-29-24-15-13-22(14-16-24)19-23-18-21(2)26(28)25(27)20-23/h13-16,18,20,28H,3-12,17,19H2,1-2H3. The summed E-state index contributed by atoms with van der Waals surface area (Å²) in [5, 5.41) is 10.2. The molecule has 29 heavy (non-hydrogen) atoms. The fraction of sp³-hybridized carbons (Fsp3) is 0.538. The third-order valence-corrected chi connectivity index (χ3v) is 5.70. The average molecular weight is 417 g/mol. The van der Waals surface area contributed by atoms with Gasteiger partial charge in [0.2, 0.25) is 0 Å². The molecule has 0 fully saturated rings. The molecule has 0 amide bonds. The number of aryl methyl sites for hydroxylation is 1. The summed E-state index contributed by atoms with van der Waals surface area (Å²) in [6.07, 6.45) is 14.2. The van der Waals surface area contributed by atoms with Crippen LogP contribution in [-0.2, 0) is 6.42 Å². The lowest BCUT2D eigenvalue weighted by Crippen LogP contribution is -1.97. The first-order valence-electron chi connectivity index (χ1n) is 11.3. The Labute approximate surface area is 182 Å². The topological polar surface area (TPSA) is 29.5 Å². The maximum absolute atomic E-state index is 9.79. The van der Waals surface area contributed by atoms with Crippen LogP contribution in [0.3, 0.4) is 0 Å².